The number of likely N-dealkylation sites (tertiary alicyclic amines) is 1. The molecule has 3 aromatic rings. The molecule has 6 nitrogen and oxygen atoms in total. The van der Waals surface area contributed by atoms with Gasteiger partial charge in [-0.25, -0.2) is 0 Å². The molecule has 1 aliphatic rings. The fourth-order valence-electron chi connectivity index (χ4n) is 4.29. The Kier molecular flexibility index (Phi) is 7.71. The highest BCUT2D eigenvalue weighted by Crippen LogP contribution is 2.32. The number of benzene rings is 2. The molecule has 1 atom stereocenters. The van der Waals surface area contributed by atoms with E-state index in [-0.39, 0.29) is 0 Å². The standard InChI is InChI=1S/C25H32N4O2S/c1-4-31-23-15-20(12-13-22(23)30-3)16-29-14-8-11-21(17-29)24-26-27-25(28(24)2)32-18-19-9-6-5-7-10-19/h5-7,9-10,12-13,15,21H,4,8,11,14,16-18H2,1-3H3. The lowest BCUT2D eigenvalue weighted by Crippen LogP contribution is -2.34. The quantitative estimate of drug-likeness (QED) is 0.431. The highest BCUT2D eigenvalue weighted by Gasteiger charge is 2.26. The summed E-state index contributed by atoms with van der Waals surface area (Å²) in [7, 11) is 3.78. The second-order valence-corrected chi connectivity index (χ2v) is 9.11. The first-order valence-corrected chi connectivity index (χ1v) is 12.2. The third kappa shape index (κ3) is 5.45. The molecule has 1 aliphatic heterocycles. The molecule has 2 heterocycles. The number of ether oxygens (including phenoxy) is 2. The smallest absolute Gasteiger partial charge is 0.191 e. The molecule has 2 aromatic carbocycles. The largest absolute Gasteiger partial charge is 0.493 e. The van der Waals surface area contributed by atoms with Gasteiger partial charge in [0.15, 0.2) is 16.7 Å². The van der Waals surface area contributed by atoms with Crippen LogP contribution in [-0.4, -0.2) is 46.5 Å². The fourth-order valence-corrected chi connectivity index (χ4v) is 5.16. The summed E-state index contributed by atoms with van der Waals surface area (Å²) in [5, 5.41) is 10.1. The Hall–Kier alpha value is -2.51. The molecule has 0 saturated carbocycles. The summed E-state index contributed by atoms with van der Waals surface area (Å²) in [6, 6.07) is 16.7. The van der Waals surface area contributed by atoms with Crippen LogP contribution in [0.2, 0.25) is 0 Å². The van der Waals surface area contributed by atoms with E-state index in [1.54, 1.807) is 18.9 Å². The summed E-state index contributed by atoms with van der Waals surface area (Å²) in [4.78, 5) is 2.51. The first-order chi connectivity index (χ1) is 15.7. The zero-order chi connectivity index (χ0) is 22.3. The van der Waals surface area contributed by atoms with Crippen molar-refractivity contribution in [1.82, 2.24) is 19.7 Å². The third-order valence-electron chi connectivity index (χ3n) is 5.88. The van der Waals surface area contributed by atoms with Gasteiger partial charge in [-0.1, -0.05) is 48.2 Å². The topological polar surface area (TPSA) is 52.4 Å². The number of methoxy groups -OCH3 is 1. The van der Waals surface area contributed by atoms with Crippen LogP contribution in [0.15, 0.2) is 53.7 Å². The first-order valence-electron chi connectivity index (χ1n) is 11.3. The molecule has 1 unspecified atom stereocenters. The average molecular weight is 453 g/mol. The predicted octanol–water partition coefficient (Wildman–Crippen LogP) is 4.89. The summed E-state index contributed by atoms with van der Waals surface area (Å²) in [5.41, 5.74) is 2.55. The van der Waals surface area contributed by atoms with Crippen molar-refractivity contribution >= 4 is 11.8 Å². The maximum atomic E-state index is 5.75. The number of hydrogen-bond donors (Lipinski definition) is 0. The summed E-state index contributed by atoms with van der Waals surface area (Å²) >= 11 is 1.75. The van der Waals surface area contributed by atoms with Gasteiger partial charge in [-0.3, -0.25) is 4.90 Å². The van der Waals surface area contributed by atoms with Gasteiger partial charge >= 0.3 is 0 Å². The molecule has 170 valence electrons. The summed E-state index contributed by atoms with van der Waals surface area (Å²) in [5.74, 6) is 4.00. The van der Waals surface area contributed by atoms with Gasteiger partial charge < -0.3 is 14.0 Å². The molecule has 0 N–H and O–H groups in total. The number of thioether (sulfide) groups is 1. The van der Waals surface area contributed by atoms with Crippen LogP contribution in [0.4, 0.5) is 0 Å². The van der Waals surface area contributed by atoms with E-state index in [4.69, 9.17) is 9.47 Å². The lowest BCUT2D eigenvalue weighted by molar-refractivity contribution is 0.194. The van der Waals surface area contributed by atoms with Gasteiger partial charge in [0, 0.05) is 31.8 Å². The van der Waals surface area contributed by atoms with Gasteiger partial charge in [-0.15, -0.1) is 10.2 Å². The minimum atomic E-state index is 0.400. The van der Waals surface area contributed by atoms with E-state index in [1.165, 1.54) is 17.5 Å². The monoisotopic (exact) mass is 452 g/mol. The molecule has 0 aliphatic carbocycles. The molecular formula is C25H32N4O2S. The van der Waals surface area contributed by atoms with Crippen molar-refractivity contribution in [3.8, 4) is 11.5 Å². The lowest BCUT2D eigenvalue weighted by atomic mass is 9.96. The van der Waals surface area contributed by atoms with E-state index in [1.807, 2.05) is 19.1 Å². The molecule has 7 heteroatoms. The van der Waals surface area contributed by atoms with Crippen molar-refractivity contribution in [3.63, 3.8) is 0 Å². The Morgan fingerprint density at radius 2 is 1.91 bits per heavy atom. The molecule has 0 radical (unpaired) electrons. The van der Waals surface area contributed by atoms with Crippen LogP contribution < -0.4 is 9.47 Å². The molecule has 0 spiro atoms. The zero-order valence-corrected chi connectivity index (χ0v) is 20.0. The average Bonchev–Trinajstić information content (AvgIpc) is 3.19. The van der Waals surface area contributed by atoms with Crippen LogP contribution in [0.5, 0.6) is 11.5 Å². The van der Waals surface area contributed by atoms with E-state index in [0.29, 0.717) is 12.5 Å². The lowest BCUT2D eigenvalue weighted by Gasteiger charge is -2.32. The van der Waals surface area contributed by atoms with E-state index >= 15 is 0 Å². The zero-order valence-electron chi connectivity index (χ0n) is 19.2. The van der Waals surface area contributed by atoms with Crippen LogP contribution in [-0.2, 0) is 19.3 Å². The van der Waals surface area contributed by atoms with Gasteiger partial charge in [0.25, 0.3) is 0 Å². The number of nitrogens with zero attached hydrogens (tertiary/aromatic N) is 4. The van der Waals surface area contributed by atoms with Crippen molar-refractivity contribution in [2.75, 3.05) is 26.8 Å². The van der Waals surface area contributed by atoms with Crippen molar-refractivity contribution in [3.05, 3.63) is 65.5 Å². The van der Waals surface area contributed by atoms with Crippen LogP contribution >= 0.6 is 11.8 Å². The summed E-state index contributed by atoms with van der Waals surface area (Å²) in [6.07, 6.45) is 2.32. The molecule has 4 rings (SSSR count). The first kappa shape index (κ1) is 22.7. The Labute approximate surface area is 194 Å². The summed E-state index contributed by atoms with van der Waals surface area (Å²) in [6.45, 7) is 5.61. The molecule has 1 aromatic heterocycles. The molecule has 32 heavy (non-hydrogen) atoms. The normalized spacial score (nSPS) is 16.8. The fraction of sp³-hybridized carbons (Fsp3) is 0.440. The van der Waals surface area contributed by atoms with Crippen LogP contribution in [0, 0.1) is 0 Å². The van der Waals surface area contributed by atoms with Crippen molar-refractivity contribution < 1.29 is 9.47 Å². The number of rotatable bonds is 9. The maximum absolute atomic E-state index is 5.75. The Balaban J connectivity index is 1.40. The van der Waals surface area contributed by atoms with E-state index < -0.39 is 0 Å². The van der Waals surface area contributed by atoms with E-state index in [2.05, 4.69) is 63.1 Å². The third-order valence-corrected chi connectivity index (χ3v) is 6.98. The van der Waals surface area contributed by atoms with E-state index in [0.717, 1.165) is 54.3 Å². The summed E-state index contributed by atoms with van der Waals surface area (Å²) < 4.78 is 13.4. The van der Waals surface area contributed by atoms with Gasteiger partial charge in [0.1, 0.15) is 5.82 Å². The Bertz CT molecular complexity index is 1010. The minimum Gasteiger partial charge on any atom is -0.493 e. The van der Waals surface area contributed by atoms with Gasteiger partial charge in [0.2, 0.25) is 0 Å². The SMILES string of the molecule is CCOc1cc(CN2CCCC(c3nnc(SCc4ccccc4)n3C)C2)ccc1OC. The maximum Gasteiger partial charge on any atom is 0.191 e. The number of piperidine rings is 1. The second kappa shape index (κ2) is 10.9. The molecule has 1 fully saturated rings. The van der Waals surface area contributed by atoms with Crippen LogP contribution in [0.3, 0.4) is 0 Å². The van der Waals surface area contributed by atoms with E-state index in [9.17, 15) is 0 Å². The second-order valence-electron chi connectivity index (χ2n) is 8.17. The highest BCUT2D eigenvalue weighted by molar-refractivity contribution is 7.98. The Morgan fingerprint density at radius 3 is 2.69 bits per heavy atom. The van der Waals surface area contributed by atoms with Gasteiger partial charge in [-0.05, 0) is 49.6 Å². The van der Waals surface area contributed by atoms with Gasteiger partial charge in [-0.2, -0.15) is 0 Å². The number of aromatic nitrogens is 3. The molecule has 0 amide bonds. The van der Waals surface area contributed by atoms with Crippen molar-refractivity contribution in [2.24, 2.45) is 7.05 Å². The molecular weight excluding hydrogens is 420 g/mol. The number of hydrogen-bond acceptors (Lipinski definition) is 6. The van der Waals surface area contributed by atoms with Crippen LogP contribution in [0.1, 0.15) is 42.6 Å². The molecule has 1 saturated heterocycles. The van der Waals surface area contributed by atoms with Crippen LogP contribution in [0.25, 0.3) is 0 Å². The predicted molar refractivity (Wildman–Crippen MR) is 128 cm³/mol. The van der Waals surface area contributed by atoms with Crippen molar-refractivity contribution in [2.45, 2.75) is 43.1 Å². The highest BCUT2D eigenvalue weighted by atomic mass is 32.2. The Morgan fingerprint density at radius 1 is 1.06 bits per heavy atom. The molecule has 0 bridgehead atoms. The van der Waals surface area contributed by atoms with Gasteiger partial charge in [0.05, 0.1) is 13.7 Å². The minimum absolute atomic E-state index is 0.400. The van der Waals surface area contributed by atoms with Crippen molar-refractivity contribution in [1.29, 1.82) is 0 Å².